The number of aliphatic carboxylic acids is 1. The number of allylic oxidation sites excluding steroid dienone is 3. The maximum Gasteiger partial charge on any atom is 0.335 e. The van der Waals surface area contributed by atoms with Gasteiger partial charge in [0, 0.05) is 17.9 Å². The summed E-state index contributed by atoms with van der Waals surface area (Å²) in [7, 11) is 0. The van der Waals surface area contributed by atoms with Crippen LogP contribution >= 0.6 is 0 Å². The molecule has 4 aliphatic heterocycles. The van der Waals surface area contributed by atoms with E-state index in [2.05, 4.69) is 26.8 Å². The van der Waals surface area contributed by atoms with Crippen molar-refractivity contribution in [3.05, 3.63) is 23.3 Å². The number of esters is 2. The van der Waals surface area contributed by atoms with Crippen molar-refractivity contribution in [3.8, 4) is 0 Å². The SMILES string of the molecule is C/C=C(\C)C(=O)O[C@H]1[C@@H](O)[C@@]2(COC(C)=O)[C@H](CC1(C)C)C1=CC[C@@H]3[C@@]4(C)CC[C@@H](O[C@H]5O[C@@H](C(=O)O)[C@H](O)[C@@H](O[C@H]6OC[C@H](O)[C@@H](O)[C@@H]6O[C@H]6OC[C@H](O)[C@@H](O)[C@@H]6O)[C@@H]5O[C@H]5O[C@@H](CO)[C@H](O)[C@@H](O)[C@@H]5O)[C@](C)(C=O)[C@@H]4CC[C@@]3(C)[C@]1(C)C[C@@H]2O. The van der Waals surface area contributed by atoms with Gasteiger partial charge in [0.1, 0.15) is 104 Å². The number of fused-ring (bicyclic) bond motifs is 7. The van der Waals surface area contributed by atoms with Gasteiger partial charge in [-0.2, -0.15) is 0 Å². The Hall–Kier alpha value is -3.24. The van der Waals surface area contributed by atoms with E-state index in [0.29, 0.717) is 37.7 Å². The molecule has 488 valence electrons. The summed E-state index contributed by atoms with van der Waals surface area (Å²) in [4.78, 5) is 53.3. The van der Waals surface area contributed by atoms with Crippen LogP contribution in [0.25, 0.3) is 0 Å². The molecule has 0 aromatic heterocycles. The first kappa shape index (κ1) is 67.2. The predicted octanol–water partition coefficient (Wildman–Crippen LogP) is -2.01. The molecule has 0 bridgehead atoms. The van der Waals surface area contributed by atoms with Gasteiger partial charge in [0.15, 0.2) is 31.3 Å². The molecule has 27 heteroatoms. The summed E-state index contributed by atoms with van der Waals surface area (Å²) in [5, 5.41) is 145. The number of carbonyl (C=O) groups excluding carboxylic acids is 3. The van der Waals surface area contributed by atoms with Crippen LogP contribution in [0.5, 0.6) is 0 Å². The van der Waals surface area contributed by atoms with Gasteiger partial charge in [0.05, 0.1) is 42.9 Å². The molecule has 27 nitrogen and oxygen atoms in total. The van der Waals surface area contributed by atoms with E-state index in [4.69, 9.17) is 47.4 Å². The van der Waals surface area contributed by atoms with Crippen LogP contribution in [0.1, 0.15) is 107 Å². The van der Waals surface area contributed by atoms with Gasteiger partial charge in [-0.25, -0.2) is 9.59 Å². The summed E-state index contributed by atoms with van der Waals surface area (Å²) in [5.74, 6) is -4.18. The van der Waals surface area contributed by atoms with E-state index in [9.17, 15) is 85.6 Å². The van der Waals surface area contributed by atoms with Gasteiger partial charge in [-0.15, -0.1) is 0 Å². The highest BCUT2D eigenvalue weighted by Gasteiger charge is 2.74. The molecule has 4 heterocycles. The highest BCUT2D eigenvalue weighted by molar-refractivity contribution is 5.87. The maximum atomic E-state index is 14.2. The summed E-state index contributed by atoms with van der Waals surface area (Å²) in [5.41, 5.74) is -4.42. The van der Waals surface area contributed by atoms with Gasteiger partial charge in [-0.05, 0) is 92.8 Å². The van der Waals surface area contributed by atoms with Crippen LogP contribution in [0.3, 0.4) is 0 Å². The van der Waals surface area contributed by atoms with E-state index < -0.39 is 217 Å². The molecule has 4 saturated carbocycles. The molecule has 0 aromatic rings. The molecule has 5 aliphatic carbocycles. The van der Waals surface area contributed by atoms with Crippen molar-refractivity contribution >= 4 is 24.2 Å². The summed E-state index contributed by atoms with van der Waals surface area (Å²) in [6.07, 6.45) is -32.7. The van der Waals surface area contributed by atoms with Crippen molar-refractivity contribution in [1.82, 2.24) is 0 Å². The second-order valence-electron chi connectivity index (χ2n) is 27.3. The van der Waals surface area contributed by atoms with Crippen molar-refractivity contribution < 1.29 is 133 Å². The molecule has 9 rings (SSSR count). The van der Waals surface area contributed by atoms with Crippen LogP contribution in [-0.4, -0.2) is 252 Å². The van der Waals surface area contributed by atoms with E-state index in [1.165, 1.54) is 6.92 Å². The highest BCUT2D eigenvalue weighted by atomic mass is 16.8. The Morgan fingerprint density at radius 2 is 1.31 bits per heavy atom. The number of ether oxygens (including phenoxy) is 10. The molecule has 4 saturated heterocycles. The fourth-order valence-corrected chi connectivity index (χ4v) is 16.9. The zero-order valence-electron chi connectivity index (χ0n) is 50.0. The van der Waals surface area contributed by atoms with Crippen molar-refractivity contribution in [2.75, 3.05) is 26.4 Å². The Kier molecular flexibility index (Phi) is 19.3. The summed E-state index contributed by atoms with van der Waals surface area (Å²) in [6.45, 7) is 14.1. The van der Waals surface area contributed by atoms with E-state index in [1.54, 1.807) is 26.8 Å². The average molecular weight is 1230 g/mol. The Balaban J connectivity index is 1.05. The van der Waals surface area contributed by atoms with Gasteiger partial charge < -0.3 is 119 Å². The van der Waals surface area contributed by atoms with E-state index in [-0.39, 0.29) is 25.4 Å². The average Bonchev–Trinajstić information content (AvgIpc) is 0.672. The minimum Gasteiger partial charge on any atom is -0.479 e. The summed E-state index contributed by atoms with van der Waals surface area (Å²) < 4.78 is 60.0. The van der Waals surface area contributed by atoms with E-state index in [1.807, 2.05) is 13.8 Å². The van der Waals surface area contributed by atoms with Crippen molar-refractivity contribution in [2.45, 2.75) is 242 Å². The number of aliphatic hydroxyl groups excluding tert-OH is 12. The normalized spacial score (nSPS) is 51.1. The lowest BCUT2D eigenvalue weighted by molar-refractivity contribution is -0.398. The van der Waals surface area contributed by atoms with Crippen LogP contribution in [0.15, 0.2) is 23.3 Å². The fraction of sp³-hybridized carbons (Fsp3) is 0.864. The zero-order valence-corrected chi connectivity index (χ0v) is 50.0. The quantitative estimate of drug-likeness (QED) is 0.0277. The third-order valence-corrected chi connectivity index (χ3v) is 22.2. The summed E-state index contributed by atoms with van der Waals surface area (Å²) in [6, 6.07) is 0. The maximum absolute atomic E-state index is 14.2. The molecule has 0 unspecified atom stereocenters. The number of carboxylic acids is 1. The minimum atomic E-state index is -2.28. The molecule has 0 radical (unpaired) electrons. The lowest BCUT2D eigenvalue weighted by Crippen LogP contribution is -2.72. The Morgan fingerprint density at radius 3 is 1.94 bits per heavy atom. The first-order valence-corrected chi connectivity index (χ1v) is 29.8. The molecular formula is C59H90O27. The Morgan fingerprint density at radius 1 is 0.686 bits per heavy atom. The highest BCUT2D eigenvalue weighted by Crippen LogP contribution is 2.76. The van der Waals surface area contributed by atoms with Gasteiger partial charge in [0.2, 0.25) is 0 Å². The standard InChI is InChI=1S/C59H90O27/c1-10-24(2)49(76)86-47-46(73)59(23-79-25(3)62)27(17-54(47,4)5)26-11-12-32-55(6)15-14-34(56(7,22-61)31(55)13-16-57(32,8)58(26,9)18-33(59)65)81-53-45(85-51-40(71)38(69)37(68)30(19-60)80-51)42(41(72)43(83-53)48(74)75)82-52-44(36(67)29(64)21-78-52)84-50-39(70)35(66)28(63)20-77-50/h10-11,22,27-47,50-53,60,63-73H,12-21,23H2,1-9H3,(H,74,75)/b24-10+/t27-,28+,29+,30+,31-,32-,33+,34-,35-,36-,37+,38-,39+,40+,41-,42-,43-,44+,45+,46-,47+,50-,51-,52-,53+,55+,56-,57-,58-,59+/m1/s1. The zero-order chi connectivity index (χ0) is 63.3. The summed E-state index contributed by atoms with van der Waals surface area (Å²) >= 11 is 0. The van der Waals surface area contributed by atoms with Crippen LogP contribution in [0, 0.1) is 50.2 Å². The lowest BCUT2D eigenvalue weighted by Gasteiger charge is -2.72. The molecule has 86 heavy (non-hydrogen) atoms. The van der Waals surface area contributed by atoms with E-state index in [0.717, 1.165) is 11.9 Å². The largest absolute Gasteiger partial charge is 0.479 e. The number of carbonyl (C=O) groups is 4. The first-order chi connectivity index (χ1) is 40.2. The van der Waals surface area contributed by atoms with Gasteiger partial charge in [-0.1, -0.05) is 59.3 Å². The number of hydrogen-bond acceptors (Lipinski definition) is 26. The van der Waals surface area contributed by atoms with Crippen LogP contribution in [-0.2, 0) is 66.5 Å². The van der Waals surface area contributed by atoms with Crippen molar-refractivity contribution in [2.24, 2.45) is 50.2 Å². The topological polar surface area (TPSA) is 424 Å². The number of aliphatic hydroxyl groups is 12. The predicted molar refractivity (Wildman–Crippen MR) is 289 cm³/mol. The molecular weight excluding hydrogens is 1140 g/mol. The fourth-order valence-electron chi connectivity index (χ4n) is 16.9. The third kappa shape index (κ3) is 11.0. The number of hydrogen-bond donors (Lipinski definition) is 13. The second-order valence-corrected chi connectivity index (χ2v) is 27.3. The van der Waals surface area contributed by atoms with Gasteiger partial charge >= 0.3 is 17.9 Å². The lowest BCUT2D eigenvalue weighted by atomic mass is 9.33. The Labute approximate surface area is 498 Å². The molecule has 9 aliphatic rings. The second kappa shape index (κ2) is 24.8. The van der Waals surface area contributed by atoms with Gasteiger partial charge in [-0.3, -0.25) is 4.79 Å². The molecule has 8 fully saturated rings. The Bertz CT molecular complexity index is 2550. The number of rotatable bonds is 15. The van der Waals surface area contributed by atoms with E-state index >= 15 is 0 Å². The molecule has 30 atom stereocenters. The van der Waals surface area contributed by atoms with Crippen LogP contribution in [0.4, 0.5) is 0 Å². The molecule has 0 amide bonds. The first-order valence-electron chi connectivity index (χ1n) is 29.8. The molecule has 13 N–H and O–H groups in total. The van der Waals surface area contributed by atoms with Crippen LogP contribution < -0.4 is 0 Å². The monoisotopic (exact) mass is 1230 g/mol. The smallest absolute Gasteiger partial charge is 0.335 e. The number of aldehydes is 1. The van der Waals surface area contributed by atoms with Crippen LogP contribution in [0.2, 0.25) is 0 Å². The van der Waals surface area contributed by atoms with Crippen molar-refractivity contribution in [3.63, 3.8) is 0 Å². The van der Waals surface area contributed by atoms with Gasteiger partial charge in [0.25, 0.3) is 0 Å². The molecule has 0 spiro atoms. The molecule has 0 aromatic carbocycles. The minimum absolute atomic E-state index is 0.112. The third-order valence-electron chi connectivity index (χ3n) is 22.2. The van der Waals surface area contributed by atoms with Crippen molar-refractivity contribution in [1.29, 1.82) is 0 Å². The number of carboxylic acid groups (broad SMARTS) is 1.